The molecule has 5 rings (SSSR count). The van der Waals surface area contributed by atoms with Crippen molar-refractivity contribution in [2.75, 3.05) is 68.8 Å². The number of rotatable bonds is 8. The fraction of sp³-hybridized carbons (Fsp3) is 0.286. The van der Waals surface area contributed by atoms with E-state index in [1.807, 2.05) is 54.7 Å². The molecule has 1 fully saturated rings. The molecular weight excluding hydrogens is 532 g/mol. The number of benzene rings is 3. The Labute approximate surface area is 233 Å². The highest BCUT2D eigenvalue weighted by molar-refractivity contribution is 7.93. The van der Waals surface area contributed by atoms with Crippen LogP contribution in [0.1, 0.15) is 0 Å². The second-order valence-electron chi connectivity index (χ2n) is 9.87. The Bertz CT molecular complexity index is 1590. The molecule has 204 valence electrons. The first-order valence-electron chi connectivity index (χ1n) is 12.7. The van der Waals surface area contributed by atoms with E-state index in [0.29, 0.717) is 28.4 Å². The summed E-state index contributed by atoms with van der Waals surface area (Å²) in [7, 11) is 2.09. The van der Waals surface area contributed by atoms with E-state index in [2.05, 4.69) is 31.9 Å². The van der Waals surface area contributed by atoms with E-state index >= 15 is 0 Å². The SMILES string of the molecule is CN1CCN(CC(=O)Nc2nc(-c3cccc(NS(=O)(=O)c4cccc5c(N(C)C)cccc45)c3)cs2)CC1. The van der Waals surface area contributed by atoms with Gasteiger partial charge in [-0.15, -0.1) is 11.3 Å². The number of carbonyl (C=O) groups is 1. The molecule has 2 heterocycles. The summed E-state index contributed by atoms with van der Waals surface area (Å²) in [5.41, 5.74) is 2.79. The van der Waals surface area contributed by atoms with Gasteiger partial charge < -0.3 is 15.1 Å². The molecule has 0 saturated carbocycles. The highest BCUT2D eigenvalue weighted by atomic mass is 32.2. The van der Waals surface area contributed by atoms with Gasteiger partial charge in [0.25, 0.3) is 10.0 Å². The molecule has 0 spiro atoms. The molecular formula is C28H32N6O3S2. The molecule has 1 saturated heterocycles. The van der Waals surface area contributed by atoms with Crippen LogP contribution in [0.5, 0.6) is 0 Å². The van der Waals surface area contributed by atoms with Crippen molar-refractivity contribution in [1.82, 2.24) is 14.8 Å². The first-order chi connectivity index (χ1) is 18.7. The van der Waals surface area contributed by atoms with Crippen LogP contribution in [-0.4, -0.2) is 83.0 Å². The normalized spacial score (nSPS) is 14.8. The van der Waals surface area contributed by atoms with Crippen LogP contribution in [0.3, 0.4) is 0 Å². The van der Waals surface area contributed by atoms with E-state index in [9.17, 15) is 13.2 Å². The van der Waals surface area contributed by atoms with E-state index in [4.69, 9.17) is 0 Å². The summed E-state index contributed by atoms with van der Waals surface area (Å²) in [5, 5.41) is 6.78. The topological polar surface area (TPSA) is 97.9 Å². The number of piperazine rings is 1. The summed E-state index contributed by atoms with van der Waals surface area (Å²) >= 11 is 1.34. The number of hydrogen-bond acceptors (Lipinski definition) is 8. The number of nitrogens with one attached hydrogen (secondary N) is 2. The van der Waals surface area contributed by atoms with Crippen LogP contribution in [0.2, 0.25) is 0 Å². The minimum atomic E-state index is -3.86. The average Bonchev–Trinajstić information content (AvgIpc) is 3.37. The number of sulfonamides is 1. The van der Waals surface area contributed by atoms with Crippen LogP contribution >= 0.6 is 11.3 Å². The highest BCUT2D eigenvalue weighted by Gasteiger charge is 2.20. The summed E-state index contributed by atoms with van der Waals surface area (Å²) in [6, 6.07) is 18.1. The van der Waals surface area contributed by atoms with Gasteiger partial charge in [-0.2, -0.15) is 0 Å². The minimum absolute atomic E-state index is 0.0884. The molecule has 3 aromatic carbocycles. The van der Waals surface area contributed by atoms with Crippen molar-refractivity contribution in [3.05, 3.63) is 66.0 Å². The maximum atomic E-state index is 13.5. The Morgan fingerprint density at radius 3 is 2.49 bits per heavy atom. The van der Waals surface area contributed by atoms with Gasteiger partial charge in [-0.25, -0.2) is 13.4 Å². The van der Waals surface area contributed by atoms with Crippen LogP contribution < -0.4 is 14.9 Å². The maximum absolute atomic E-state index is 13.5. The lowest BCUT2D eigenvalue weighted by Gasteiger charge is -2.31. The molecule has 39 heavy (non-hydrogen) atoms. The molecule has 1 aromatic heterocycles. The zero-order valence-corrected chi connectivity index (χ0v) is 23.8. The third-order valence-electron chi connectivity index (χ3n) is 6.75. The van der Waals surface area contributed by atoms with Crippen molar-refractivity contribution in [3.63, 3.8) is 0 Å². The largest absolute Gasteiger partial charge is 0.377 e. The van der Waals surface area contributed by atoms with Gasteiger partial charge in [0.15, 0.2) is 5.13 Å². The molecule has 1 aliphatic rings. The number of hydrogen-bond donors (Lipinski definition) is 2. The van der Waals surface area contributed by atoms with E-state index in [-0.39, 0.29) is 10.8 Å². The quantitative estimate of drug-likeness (QED) is 0.334. The average molecular weight is 565 g/mol. The summed E-state index contributed by atoms with van der Waals surface area (Å²) in [6.07, 6.45) is 0. The van der Waals surface area contributed by atoms with Crippen molar-refractivity contribution in [1.29, 1.82) is 0 Å². The predicted octanol–water partition coefficient (Wildman–Crippen LogP) is 4.02. The molecule has 0 atom stereocenters. The van der Waals surface area contributed by atoms with E-state index in [1.54, 1.807) is 30.3 Å². The number of likely N-dealkylation sites (N-methyl/N-ethyl adjacent to an activating group) is 1. The fourth-order valence-corrected chi connectivity index (χ4v) is 6.68. The van der Waals surface area contributed by atoms with Gasteiger partial charge in [0, 0.05) is 73.4 Å². The van der Waals surface area contributed by atoms with Gasteiger partial charge in [-0.05, 0) is 31.3 Å². The minimum Gasteiger partial charge on any atom is -0.377 e. The van der Waals surface area contributed by atoms with Crippen LogP contribution in [-0.2, 0) is 14.8 Å². The van der Waals surface area contributed by atoms with Crippen LogP contribution in [0.15, 0.2) is 70.9 Å². The van der Waals surface area contributed by atoms with Crippen molar-refractivity contribution in [2.45, 2.75) is 4.90 Å². The Morgan fingerprint density at radius 2 is 1.72 bits per heavy atom. The Balaban J connectivity index is 1.31. The van der Waals surface area contributed by atoms with Crippen LogP contribution in [0.4, 0.5) is 16.5 Å². The number of thiazole rings is 1. The molecule has 1 amide bonds. The highest BCUT2D eigenvalue weighted by Crippen LogP contribution is 2.32. The first kappa shape index (κ1) is 27.1. The number of carbonyl (C=O) groups excluding carboxylic acids is 1. The molecule has 0 unspecified atom stereocenters. The second-order valence-corrected chi connectivity index (χ2v) is 12.4. The lowest BCUT2D eigenvalue weighted by atomic mass is 10.1. The Morgan fingerprint density at radius 1 is 1.00 bits per heavy atom. The Hall–Kier alpha value is -3.51. The smallest absolute Gasteiger partial charge is 0.262 e. The molecule has 2 N–H and O–H groups in total. The standard InChI is InChI=1S/C28H32N6O3S2/c1-32(2)25-11-5-10-23-22(25)9-6-12-26(23)39(36,37)31-21-8-4-7-20(17-21)24-19-38-28(29-24)30-27(35)18-34-15-13-33(3)14-16-34/h4-12,17,19,31H,13-16,18H2,1-3H3,(H,29,30,35). The monoisotopic (exact) mass is 564 g/mol. The predicted molar refractivity (Wildman–Crippen MR) is 159 cm³/mol. The van der Waals surface area contributed by atoms with Crippen molar-refractivity contribution < 1.29 is 13.2 Å². The van der Waals surface area contributed by atoms with Crippen LogP contribution in [0, 0.1) is 0 Å². The van der Waals surface area contributed by atoms with Gasteiger partial charge >= 0.3 is 0 Å². The zero-order chi connectivity index (χ0) is 27.6. The number of anilines is 3. The van der Waals surface area contributed by atoms with E-state index in [1.165, 1.54) is 11.3 Å². The van der Waals surface area contributed by atoms with E-state index in [0.717, 1.165) is 42.8 Å². The number of aromatic nitrogens is 1. The molecule has 0 aliphatic carbocycles. The lowest BCUT2D eigenvalue weighted by molar-refractivity contribution is -0.117. The van der Waals surface area contributed by atoms with Gasteiger partial charge in [-0.3, -0.25) is 14.4 Å². The van der Waals surface area contributed by atoms with E-state index < -0.39 is 10.0 Å². The van der Waals surface area contributed by atoms with Gasteiger partial charge in [0.2, 0.25) is 5.91 Å². The van der Waals surface area contributed by atoms with Crippen molar-refractivity contribution >= 4 is 54.5 Å². The first-order valence-corrected chi connectivity index (χ1v) is 15.0. The number of nitrogens with zero attached hydrogens (tertiary/aromatic N) is 4. The summed E-state index contributed by atoms with van der Waals surface area (Å²) in [6.45, 7) is 3.97. The van der Waals surface area contributed by atoms with Crippen LogP contribution in [0.25, 0.3) is 22.0 Å². The lowest BCUT2D eigenvalue weighted by Crippen LogP contribution is -2.47. The third kappa shape index (κ3) is 6.22. The summed E-state index contributed by atoms with van der Waals surface area (Å²) in [5.74, 6) is -0.0884. The molecule has 9 nitrogen and oxygen atoms in total. The molecule has 4 aromatic rings. The maximum Gasteiger partial charge on any atom is 0.262 e. The van der Waals surface area contributed by atoms with Crippen molar-refractivity contribution in [2.24, 2.45) is 0 Å². The zero-order valence-electron chi connectivity index (χ0n) is 22.2. The second kappa shape index (κ2) is 11.3. The number of fused-ring (bicyclic) bond motifs is 1. The Kier molecular flexibility index (Phi) is 7.85. The van der Waals surface area contributed by atoms with Gasteiger partial charge in [-0.1, -0.05) is 36.4 Å². The summed E-state index contributed by atoms with van der Waals surface area (Å²) in [4.78, 5) is 23.7. The number of amides is 1. The van der Waals surface area contributed by atoms with Gasteiger partial charge in [0.1, 0.15) is 0 Å². The fourth-order valence-electron chi connectivity index (χ4n) is 4.67. The third-order valence-corrected chi connectivity index (χ3v) is 8.95. The summed E-state index contributed by atoms with van der Waals surface area (Å²) < 4.78 is 29.6. The van der Waals surface area contributed by atoms with Crippen molar-refractivity contribution in [3.8, 4) is 11.3 Å². The molecule has 0 radical (unpaired) electrons. The molecule has 1 aliphatic heterocycles. The molecule has 11 heteroatoms. The molecule has 0 bridgehead atoms. The van der Waals surface area contributed by atoms with Gasteiger partial charge in [0.05, 0.1) is 17.1 Å².